The Morgan fingerprint density at radius 3 is 2.66 bits per heavy atom. The van der Waals surface area contributed by atoms with E-state index in [2.05, 4.69) is 10.3 Å². The zero-order valence-electron chi connectivity index (χ0n) is 24.2. The second-order valence-electron chi connectivity index (χ2n) is 11.2. The topological polar surface area (TPSA) is 160 Å². The Morgan fingerprint density at radius 1 is 1.14 bits per heavy atom. The molecular weight excluding hydrogens is 624 g/mol. The number of aliphatic hydroxyl groups is 1. The molecule has 4 heterocycles. The molecule has 3 aliphatic rings. The van der Waals surface area contributed by atoms with Gasteiger partial charge in [0.1, 0.15) is 35.7 Å². The molecule has 0 radical (unpaired) electrons. The number of likely N-dealkylation sites (N-methyl/N-ethyl adjacent to an activating group) is 1. The van der Waals surface area contributed by atoms with Crippen molar-refractivity contribution in [3.05, 3.63) is 36.5 Å². The summed E-state index contributed by atoms with van der Waals surface area (Å²) in [5.41, 5.74) is 0.185. The van der Waals surface area contributed by atoms with Crippen LogP contribution in [-0.2, 0) is 24.8 Å². The molecule has 3 aliphatic heterocycles. The number of nitrogens with one attached hydrogen (secondary N) is 2. The Bertz CT molecular complexity index is 1520. The first-order valence-corrected chi connectivity index (χ1v) is 17.2. The van der Waals surface area contributed by atoms with Crippen molar-refractivity contribution in [1.82, 2.24) is 19.3 Å². The molecule has 2 fully saturated rings. The summed E-state index contributed by atoms with van der Waals surface area (Å²) in [5.74, 6) is 0.590. The maximum Gasteiger partial charge on any atom is 0.251 e. The van der Waals surface area contributed by atoms with Crippen LogP contribution < -0.4 is 24.4 Å². The summed E-state index contributed by atoms with van der Waals surface area (Å²) in [4.78, 5) is 6.04. The molecule has 13 nitrogen and oxygen atoms in total. The second-order valence-corrected chi connectivity index (χ2v) is 14.9. The van der Waals surface area contributed by atoms with Gasteiger partial charge in [0.05, 0.1) is 36.4 Å². The normalized spacial score (nSPS) is 21.3. The third kappa shape index (κ3) is 7.58. The van der Waals surface area contributed by atoms with Gasteiger partial charge in [0.15, 0.2) is 0 Å². The predicted octanol–water partition coefficient (Wildman–Crippen LogP) is 0.795. The standard InChI is InChI=1S/C27H37F2N5O8S2/c1-33-9-10-40-26-24(33)12-23(15-31-26)44(38,39)34-7-5-27(6-8-34)13-19(17-42-27)30-14-20(35)18-41-21-3-2-4-22(11-21)43(36,37)32-16-25(28)29/h2-4,11-12,15,19-20,25,30,32,35H,5-10,13-14,16-18H2,1H3/t19-,20+/m1/s1. The van der Waals surface area contributed by atoms with E-state index in [1.165, 1.54) is 34.8 Å². The molecule has 0 bridgehead atoms. The summed E-state index contributed by atoms with van der Waals surface area (Å²) in [6.45, 7) is 1.22. The number of aliphatic hydroxyl groups excluding tert-OH is 1. The Balaban J connectivity index is 1.07. The number of hydrogen-bond acceptors (Lipinski definition) is 11. The fourth-order valence-corrected chi connectivity index (χ4v) is 7.94. The van der Waals surface area contributed by atoms with Gasteiger partial charge >= 0.3 is 0 Å². The van der Waals surface area contributed by atoms with Crippen LogP contribution in [0.2, 0.25) is 0 Å². The van der Waals surface area contributed by atoms with Gasteiger partial charge < -0.3 is 29.5 Å². The number of aromatic nitrogens is 1. The third-order valence-corrected chi connectivity index (χ3v) is 11.3. The van der Waals surface area contributed by atoms with Crippen molar-refractivity contribution in [2.75, 3.05) is 64.5 Å². The fraction of sp³-hybridized carbons (Fsp3) is 0.593. The van der Waals surface area contributed by atoms with Crippen molar-refractivity contribution in [1.29, 1.82) is 0 Å². The van der Waals surface area contributed by atoms with Crippen molar-refractivity contribution >= 4 is 25.7 Å². The van der Waals surface area contributed by atoms with Crippen LogP contribution in [-0.4, -0.2) is 115 Å². The predicted molar refractivity (Wildman–Crippen MR) is 155 cm³/mol. The number of sulfonamides is 2. The van der Waals surface area contributed by atoms with Gasteiger partial charge in [-0.2, -0.15) is 4.31 Å². The highest BCUT2D eigenvalue weighted by atomic mass is 32.2. The number of rotatable bonds is 12. The minimum Gasteiger partial charge on any atom is -0.491 e. The summed E-state index contributed by atoms with van der Waals surface area (Å²) < 4.78 is 96.4. The average molecular weight is 662 g/mol. The number of pyridine rings is 1. The quantitative estimate of drug-likeness (QED) is 0.295. The number of hydrogen-bond donors (Lipinski definition) is 3. The molecule has 0 saturated carbocycles. The molecule has 1 spiro atoms. The van der Waals surface area contributed by atoms with Crippen molar-refractivity contribution in [2.45, 2.75) is 53.2 Å². The molecule has 2 saturated heterocycles. The van der Waals surface area contributed by atoms with E-state index >= 15 is 0 Å². The summed E-state index contributed by atoms with van der Waals surface area (Å²) in [6, 6.07) is 6.93. The lowest BCUT2D eigenvalue weighted by atomic mass is 9.88. The molecule has 3 N–H and O–H groups in total. The van der Waals surface area contributed by atoms with Crippen molar-refractivity contribution in [3.63, 3.8) is 0 Å². The van der Waals surface area contributed by atoms with Crippen molar-refractivity contribution < 1.29 is 44.9 Å². The maximum absolute atomic E-state index is 13.4. The molecule has 0 unspecified atom stereocenters. The average Bonchev–Trinajstić information content (AvgIpc) is 3.40. The molecule has 244 valence electrons. The van der Waals surface area contributed by atoms with E-state index in [1.54, 1.807) is 6.07 Å². The number of fused-ring (bicyclic) bond motifs is 1. The molecule has 1 aromatic carbocycles. The van der Waals surface area contributed by atoms with E-state index in [0.717, 1.165) is 0 Å². The summed E-state index contributed by atoms with van der Waals surface area (Å²) in [7, 11) is -6.00. The lowest BCUT2D eigenvalue weighted by Gasteiger charge is -2.38. The smallest absolute Gasteiger partial charge is 0.251 e. The van der Waals surface area contributed by atoms with E-state index in [9.17, 15) is 30.7 Å². The van der Waals surface area contributed by atoms with Crippen LogP contribution in [0, 0.1) is 0 Å². The van der Waals surface area contributed by atoms with Gasteiger partial charge in [-0.3, -0.25) is 0 Å². The minimum absolute atomic E-state index is 0.0532. The van der Waals surface area contributed by atoms with Gasteiger partial charge in [-0.05, 0) is 37.5 Å². The summed E-state index contributed by atoms with van der Waals surface area (Å²) in [6.07, 6.45) is -0.692. The van der Waals surface area contributed by atoms with Crippen LogP contribution >= 0.6 is 0 Å². The largest absolute Gasteiger partial charge is 0.491 e. The highest BCUT2D eigenvalue weighted by molar-refractivity contribution is 7.89. The van der Waals surface area contributed by atoms with E-state index in [-0.39, 0.29) is 34.7 Å². The zero-order valence-corrected chi connectivity index (χ0v) is 25.8. The molecule has 0 amide bonds. The van der Waals surface area contributed by atoms with Crippen molar-refractivity contribution in [3.8, 4) is 11.6 Å². The summed E-state index contributed by atoms with van der Waals surface area (Å²) >= 11 is 0. The van der Waals surface area contributed by atoms with Crippen LogP contribution in [0.25, 0.3) is 0 Å². The number of halogens is 2. The molecule has 1 aromatic heterocycles. The van der Waals surface area contributed by atoms with E-state index in [0.29, 0.717) is 63.7 Å². The van der Waals surface area contributed by atoms with E-state index < -0.39 is 44.7 Å². The highest BCUT2D eigenvalue weighted by Crippen LogP contribution is 2.38. The van der Waals surface area contributed by atoms with Crippen LogP contribution in [0.15, 0.2) is 46.3 Å². The van der Waals surface area contributed by atoms with Crippen LogP contribution in [0.3, 0.4) is 0 Å². The second kappa shape index (κ2) is 13.4. The van der Waals surface area contributed by atoms with Crippen molar-refractivity contribution in [2.24, 2.45) is 0 Å². The molecule has 44 heavy (non-hydrogen) atoms. The molecule has 17 heteroatoms. The third-order valence-electron chi connectivity index (χ3n) is 7.99. The number of ether oxygens (including phenoxy) is 3. The molecule has 0 aliphatic carbocycles. The number of benzene rings is 1. The number of alkyl halides is 2. The van der Waals surface area contributed by atoms with Gasteiger partial charge in [-0.15, -0.1) is 0 Å². The Kier molecular flexibility index (Phi) is 9.93. The zero-order chi connectivity index (χ0) is 31.5. The van der Waals surface area contributed by atoms with E-state index in [1.807, 2.05) is 16.7 Å². The Hall–Kier alpha value is -2.67. The van der Waals surface area contributed by atoms with Crippen LogP contribution in [0.4, 0.5) is 14.5 Å². The first-order valence-electron chi connectivity index (χ1n) is 14.3. The Labute approximate surface area is 255 Å². The summed E-state index contributed by atoms with van der Waals surface area (Å²) in [5, 5.41) is 13.7. The number of anilines is 1. The first-order chi connectivity index (χ1) is 20.9. The van der Waals surface area contributed by atoms with Gasteiger partial charge in [0, 0.05) is 38.8 Å². The fourth-order valence-electron chi connectivity index (χ4n) is 5.50. The monoisotopic (exact) mass is 661 g/mol. The van der Waals surface area contributed by atoms with Gasteiger partial charge in [-0.25, -0.2) is 35.3 Å². The number of piperidine rings is 1. The minimum atomic E-state index is -4.13. The van der Waals surface area contributed by atoms with Crippen LogP contribution in [0.1, 0.15) is 19.3 Å². The molecular formula is C27H37F2N5O8S2. The number of nitrogens with zero attached hydrogens (tertiary/aromatic N) is 3. The lowest BCUT2D eigenvalue weighted by Crippen LogP contribution is -2.47. The van der Waals surface area contributed by atoms with Gasteiger partial charge in [0.2, 0.25) is 25.9 Å². The van der Waals surface area contributed by atoms with E-state index in [4.69, 9.17) is 14.2 Å². The molecule has 5 rings (SSSR count). The first kappa shape index (κ1) is 32.7. The molecule has 2 atom stereocenters. The lowest BCUT2D eigenvalue weighted by molar-refractivity contribution is -0.0312. The Morgan fingerprint density at radius 2 is 1.91 bits per heavy atom. The van der Waals surface area contributed by atoms with Gasteiger partial charge in [0.25, 0.3) is 6.43 Å². The highest BCUT2D eigenvalue weighted by Gasteiger charge is 2.45. The van der Waals surface area contributed by atoms with Crippen LogP contribution in [0.5, 0.6) is 11.6 Å². The van der Waals surface area contributed by atoms with Gasteiger partial charge in [-0.1, -0.05) is 6.07 Å². The molecule has 2 aromatic rings. The maximum atomic E-state index is 13.4. The SMILES string of the molecule is CN1CCOc2ncc(S(=O)(=O)N3CCC4(CC3)C[C@@H](NC[C@H](O)COc3cccc(S(=O)(=O)NCC(F)F)c3)CO4)cc21.